The molecule has 0 spiro atoms. The topological polar surface area (TPSA) is 44.5 Å². The Hall–Kier alpha value is -1.06. The average Bonchev–Trinajstić information content (AvgIpc) is 2.56. The SMILES string of the molecule is CC1Cc2cc(C(C)(C)ON)ccc2O1. The molecule has 1 aromatic carbocycles. The van der Waals surface area contributed by atoms with Gasteiger partial charge in [-0.05, 0) is 44.0 Å². The highest BCUT2D eigenvalue weighted by atomic mass is 16.6. The van der Waals surface area contributed by atoms with E-state index in [-0.39, 0.29) is 6.10 Å². The van der Waals surface area contributed by atoms with Crippen LogP contribution in [-0.2, 0) is 16.9 Å². The molecule has 0 aromatic heterocycles. The van der Waals surface area contributed by atoms with Crippen molar-refractivity contribution < 1.29 is 9.57 Å². The lowest BCUT2D eigenvalue weighted by Gasteiger charge is -2.22. The second-order valence-electron chi connectivity index (χ2n) is 4.58. The van der Waals surface area contributed by atoms with Crippen LogP contribution in [0.3, 0.4) is 0 Å². The third kappa shape index (κ3) is 1.85. The summed E-state index contributed by atoms with van der Waals surface area (Å²) in [4.78, 5) is 4.97. The van der Waals surface area contributed by atoms with E-state index < -0.39 is 5.60 Å². The van der Waals surface area contributed by atoms with Crippen molar-refractivity contribution in [3.05, 3.63) is 29.3 Å². The zero-order valence-corrected chi connectivity index (χ0v) is 9.41. The largest absolute Gasteiger partial charge is 0.490 e. The van der Waals surface area contributed by atoms with Crippen molar-refractivity contribution >= 4 is 0 Å². The van der Waals surface area contributed by atoms with Gasteiger partial charge in [0.05, 0.1) is 0 Å². The lowest BCUT2D eigenvalue weighted by molar-refractivity contribution is -0.0236. The number of hydrogen-bond acceptors (Lipinski definition) is 3. The molecular weight excluding hydrogens is 190 g/mol. The predicted octanol–water partition coefficient (Wildman–Crippen LogP) is 2.14. The van der Waals surface area contributed by atoms with Gasteiger partial charge in [0.1, 0.15) is 17.5 Å². The minimum absolute atomic E-state index is 0.275. The summed E-state index contributed by atoms with van der Waals surface area (Å²) in [6.07, 6.45) is 1.24. The third-order valence-corrected chi connectivity index (χ3v) is 2.89. The molecule has 0 saturated heterocycles. The summed E-state index contributed by atoms with van der Waals surface area (Å²) in [5, 5.41) is 0. The normalized spacial score (nSPS) is 19.9. The molecule has 0 aliphatic carbocycles. The van der Waals surface area contributed by atoms with Crippen LogP contribution in [0.15, 0.2) is 18.2 Å². The molecule has 1 heterocycles. The maximum Gasteiger partial charge on any atom is 0.123 e. The van der Waals surface area contributed by atoms with Gasteiger partial charge in [0.25, 0.3) is 0 Å². The minimum atomic E-state index is -0.444. The fraction of sp³-hybridized carbons (Fsp3) is 0.500. The number of benzene rings is 1. The first-order valence-electron chi connectivity index (χ1n) is 5.21. The molecule has 82 valence electrons. The molecule has 0 fully saturated rings. The summed E-state index contributed by atoms with van der Waals surface area (Å²) in [6.45, 7) is 5.98. The van der Waals surface area contributed by atoms with Crippen LogP contribution >= 0.6 is 0 Å². The second-order valence-corrected chi connectivity index (χ2v) is 4.58. The third-order valence-electron chi connectivity index (χ3n) is 2.89. The lowest BCUT2D eigenvalue weighted by atomic mass is 9.95. The van der Waals surface area contributed by atoms with Gasteiger partial charge in [0.15, 0.2) is 0 Å². The van der Waals surface area contributed by atoms with Crippen molar-refractivity contribution in [1.82, 2.24) is 0 Å². The molecule has 1 unspecified atom stereocenters. The second kappa shape index (κ2) is 3.51. The highest BCUT2D eigenvalue weighted by molar-refractivity contribution is 5.42. The highest BCUT2D eigenvalue weighted by Crippen LogP contribution is 2.33. The van der Waals surface area contributed by atoms with Crippen LogP contribution in [0, 0.1) is 0 Å². The molecule has 1 aliphatic rings. The Bertz CT molecular complexity index is 374. The van der Waals surface area contributed by atoms with Gasteiger partial charge in [-0.3, -0.25) is 4.84 Å². The molecule has 0 amide bonds. The Labute approximate surface area is 90.1 Å². The van der Waals surface area contributed by atoms with Crippen LogP contribution < -0.4 is 10.6 Å². The van der Waals surface area contributed by atoms with E-state index in [1.54, 1.807) is 0 Å². The van der Waals surface area contributed by atoms with Gasteiger partial charge in [0, 0.05) is 6.42 Å². The first kappa shape index (κ1) is 10.5. The predicted molar refractivity (Wildman–Crippen MR) is 58.5 cm³/mol. The van der Waals surface area contributed by atoms with E-state index in [2.05, 4.69) is 13.0 Å². The molecule has 15 heavy (non-hydrogen) atoms. The van der Waals surface area contributed by atoms with Gasteiger partial charge < -0.3 is 4.74 Å². The average molecular weight is 207 g/mol. The van der Waals surface area contributed by atoms with Crippen molar-refractivity contribution in [2.45, 2.75) is 38.9 Å². The smallest absolute Gasteiger partial charge is 0.123 e. The molecule has 0 radical (unpaired) electrons. The number of nitrogens with two attached hydrogens (primary N) is 1. The van der Waals surface area contributed by atoms with Gasteiger partial charge in [-0.25, -0.2) is 5.90 Å². The number of fused-ring (bicyclic) bond motifs is 1. The summed E-state index contributed by atoms with van der Waals surface area (Å²) < 4.78 is 5.64. The quantitative estimate of drug-likeness (QED) is 0.756. The van der Waals surface area contributed by atoms with Gasteiger partial charge in [-0.1, -0.05) is 6.07 Å². The highest BCUT2D eigenvalue weighted by Gasteiger charge is 2.25. The number of hydrogen-bond donors (Lipinski definition) is 1. The first-order chi connectivity index (χ1) is 7.03. The van der Waals surface area contributed by atoms with Gasteiger partial charge >= 0.3 is 0 Å². The van der Waals surface area contributed by atoms with E-state index in [0.717, 1.165) is 17.7 Å². The molecule has 3 heteroatoms. The Kier molecular flexibility index (Phi) is 2.44. The minimum Gasteiger partial charge on any atom is -0.490 e. The van der Waals surface area contributed by atoms with Crippen molar-refractivity contribution in [2.75, 3.05) is 0 Å². The lowest BCUT2D eigenvalue weighted by Crippen LogP contribution is -2.25. The maximum atomic E-state index is 5.64. The molecule has 0 saturated carbocycles. The maximum absolute atomic E-state index is 5.64. The fourth-order valence-corrected chi connectivity index (χ4v) is 1.86. The Morgan fingerprint density at radius 3 is 2.87 bits per heavy atom. The van der Waals surface area contributed by atoms with E-state index in [1.165, 1.54) is 5.56 Å². The summed E-state index contributed by atoms with van der Waals surface area (Å²) in [5.41, 5.74) is 1.88. The van der Waals surface area contributed by atoms with Crippen LogP contribution in [0.1, 0.15) is 31.9 Å². The van der Waals surface area contributed by atoms with Crippen molar-refractivity contribution in [2.24, 2.45) is 5.90 Å². The summed E-state index contributed by atoms with van der Waals surface area (Å²) in [6, 6.07) is 6.12. The molecule has 3 nitrogen and oxygen atoms in total. The monoisotopic (exact) mass is 207 g/mol. The first-order valence-corrected chi connectivity index (χ1v) is 5.21. The van der Waals surface area contributed by atoms with Gasteiger partial charge in [-0.2, -0.15) is 0 Å². The van der Waals surface area contributed by atoms with Crippen molar-refractivity contribution in [3.8, 4) is 5.75 Å². The van der Waals surface area contributed by atoms with E-state index in [9.17, 15) is 0 Å². The van der Waals surface area contributed by atoms with Crippen LogP contribution in [0.5, 0.6) is 5.75 Å². The van der Waals surface area contributed by atoms with Crippen LogP contribution in [-0.4, -0.2) is 6.10 Å². The standard InChI is InChI=1S/C12H17NO2/c1-8-6-9-7-10(12(2,3)15-13)4-5-11(9)14-8/h4-5,7-8H,6,13H2,1-3H3. The van der Waals surface area contributed by atoms with E-state index in [0.29, 0.717) is 0 Å². The van der Waals surface area contributed by atoms with Gasteiger partial charge in [0.2, 0.25) is 0 Å². The Balaban J connectivity index is 2.35. The van der Waals surface area contributed by atoms with Crippen LogP contribution in [0.25, 0.3) is 0 Å². The van der Waals surface area contributed by atoms with E-state index >= 15 is 0 Å². The fourth-order valence-electron chi connectivity index (χ4n) is 1.86. The molecule has 2 rings (SSSR count). The summed E-state index contributed by atoms with van der Waals surface area (Å²) in [7, 11) is 0. The van der Waals surface area contributed by atoms with E-state index in [1.807, 2.05) is 26.0 Å². The molecule has 1 aromatic rings. The molecular formula is C12H17NO2. The molecule has 2 N–H and O–H groups in total. The Morgan fingerprint density at radius 1 is 1.47 bits per heavy atom. The molecule has 1 aliphatic heterocycles. The van der Waals surface area contributed by atoms with Gasteiger partial charge in [-0.15, -0.1) is 0 Å². The Morgan fingerprint density at radius 2 is 2.20 bits per heavy atom. The molecule has 0 bridgehead atoms. The zero-order valence-electron chi connectivity index (χ0n) is 9.41. The summed E-state index contributed by atoms with van der Waals surface area (Å²) in [5.74, 6) is 6.26. The summed E-state index contributed by atoms with van der Waals surface area (Å²) >= 11 is 0. The van der Waals surface area contributed by atoms with Crippen molar-refractivity contribution in [3.63, 3.8) is 0 Å². The van der Waals surface area contributed by atoms with E-state index in [4.69, 9.17) is 15.5 Å². The van der Waals surface area contributed by atoms with Crippen molar-refractivity contribution in [1.29, 1.82) is 0 Å². The number of ether oxygens (including phenoxy) is 1. The number of rotatable bonds is 2. The van der Waals surface area contributed by atoms with Crippen LogP contribution in [0.4, 0.5) is 0 Å². The van der Waals surface area contributed by atoms with Crippen LogP contribution in [0.2, 0.25) is 0 Å². The zero-order chi connectivity index (χ0) is 11.1. The molecule has 1 atom stereocenters.